The van der Waals surface area contributed by atoms with E-state index in [1.54, 1.807) is 0 Å². The molecular weight excluding hydrogens is 180 g/mol. The molecule has 13 heavy (non-hydrogen) atoms. The molecule has 2 heterocycles. The summed E-state index contributed by atoms with van der Waals surface area (Å²) < 4.78 is 0. The predicted molar refractivity (Wildman–Crippen MR) is 59.3 cm³/mol. The Balaban J connectivity index is 1.86. The van der Waals surface area contributed by atoms with Crippen molar-refractivity contribution in [2.45, 2.75) is 18.9 Å². The van der Waals surface area contributed by atoms with Crippen molar-refractivity contribution in [3.8, 4) is 0 Å². The Hall–Kier alpha value is 0.270. The van der Waals surface area contributed by atoms with Crippen molar-refractivity contribution in [1.29, 1.82) is 0 Å². The smallest absolute Gasteiger partial charge is 0.0261 e. The van der Waals surface area contributed by atoms with Crippen molar-refractivity contribution >= 4 is 11.8 Å². The Labute approximate surface area is 85.4 Å². The molecule has 0 aromatic rings. The lowest BCUT2D eigenvalue weighted by Crippen LogP contribution is -2.45. The van der Waals surface area contributed by atoms with Crippen LogP contribution < -0.4 is 5.32 Å². The molecule has 3 heteroatoms. The average Bonchev–Trinajstić information content (AvgIpc) is 2.62. The number of likely N-dealkylation sites (tertiary alicyclic amines) is 1. The first kappa shape index (κ1) is 9.81. The Morgan fingerprint density at radius 2 is 2.38 bits per heavy atom. The highest BCUT2D eigenvalue weighted by Gasteiger charge is 2.34. The fourth-order valence-corrected chi connectivity index (χ4v) is 3.07. The molecule has 2 aliphatic rings. The molecule has 2 aliphatic heterocycles. The number of nitrogens with one attached hydrogen (secondary N) is 1. The lowest BCUT2D eigenvalue weighted by Gasteiger charge is -2.36. The van der Waals surface area contributed by atoms with Crippen LogP contribution in [0.2, 0.25) is 0 Å². The molecule has 0 aromatic heterocycles. The van der Waals surface area contributed by atoms with Crippen LogP contribution in [0.5, 0.6) is 0 Å². The maximum atomic E-state index is 3.52. The highest BCUT2D eigenvalue weighted by molar-refractivity contribution is 7.98. The van der Waals surface area contributed by atoms with Crippen molar-refractivity contribution in [3.63, 3.8) is 0 Å². The topological polar surface area (TPSA) is 15.3 Å². The largest absolute Gasteiger partial charge is 0.315 e. The number of piperidine rings is 1. The fourth-order valence-electron chi connectivity index (χ4n) is 2.65. The average molecular weight is 200 g/mol. The van der Waals surface area contributed by atoms with Crippen LogP contribution >= 0.6 is 11.8 Å². The van der Waals surface area contributed by atoms with Crippen molar-refractivity contribution in [3.05, 3.63) is 0 Å². The number of fused-ring (bicyclic) bond motifs is 1. The quantitative estimate of drug-likeness (QED) is 0.732. The second kappa shape index (κ2) is 4.67. The van der Waals surface area contributed by atoms with Gasteiger partial charge >= 0.3 is 0 Å². The monoisotopic (exact) mass is 200 g/mol. The van der Waals surface area contributed by atoms with Gasteiger partial charge in [-0.15, -0.1) is 0 Å². The molecule has 2 unspecified atom stereocenters. The van der Waals surface area contributed by atoms with Crippen LogP contribution in [0.15, 0.2) is 0 Å². The normalized spacial score (nSPS) is 34.8. The van der Waals surface area contributed by atoms with Crippen molar-refractivity contribution in [2.75, 3.05) is 38.2 Å². The van der Waals surface area contributed by atoms with E-state index in [-0.39, 0.29) is 0 Å². The van der Waals surface area contributed by atoms with Gasteiger partial charge in [-0.25, -0.2) is 0 Å². The van der Waals surface area contributed by atoms with Crippen LogP contribution in [0.3, 0.4) is 0 Å². The number of hydrogen-bond acceptors (Lipinski definition) is 3. The summed E-state index contributed by atoms with van der Waals surface area (Å²) in [6, 6.07) is 0.862. The molecule has 0 bridgehead atoms. The third-order valence-electron chi connectivity index (χ3n) is 3.38. The summed E-state index contributed by atoms with van der Waals surface area (Å²) in [7, 11) is 0. The maximum absolute atomic E-state index is 3.52. The third-order valence-corrected chi connectivity index (χ3v) is 3.97. The second-order valence-electron chi connectivity index (χ2n) is 4.16. The molecule has 0 saturated carbocycles. The molecule has 2 rings (SSSR count). The predicted octanol–water partition coefficient (Wildman–Crippen LogP) is 1.03. The highest BCUT2D eigenvalue weighted by Crippen LogP contribution is 2.26. The molecule has 76 valence electrons. The fraction of sp³-hybridized carbons (Fsp3) is 1.00. The first-order chi connectivity index (χ1) is 6.42. The highest BCUT2D eigenvalue weighted by atomic mass is 32.2. The van der Waals surface area contributed by atoms with Gasteiger partial charge in [-0.2, -0.15) is 11.8 Å². The Bertz CT molecular complexity index is 163. The van der Waals surface area contributed by atoms with E-state index in [0.717, 1.165) is 12.0 Å². The molecule has 0 radical (unpaired) electrons. The summed E-state index contributed by atoms with van der Waals surface area (Å²) in [4.78, 5) is 2.70. The zero-order valence-electron chi connectivity index (χ0n) is 8.46. The van der Waals surface area contributed by atoms with E-state index in [0.29, 0.717) is 0 Å². The van der Waals surface area contributed by atoms with Gasteiger partial charge in [-0.3, -0.25) is 4.90 Å². The van der Waals surface area contributed by atoms with Gasteiger partial charge in [0.05, 0.1) is 0 Å². The van der Waals surface area contributed by atoms with Crippen molar-refractivity contribution < 1.29 is 0 Å². The Morgan fingerprint density at radius 1 is 1.46 bits per heavy atom. The van der Waals surface area contributed by atoms with E-state index in [9.17, 15) is 0 Å². The minimum Gasteiger partial charge on any atom is -0.315 e. The Kier molecular flexibility index (Phi) is 3.52. The van der Waals surface area contributed by atoms with Crippen LogP contribution in [0.4, 0.5) is 0 Å². The van der Waals surface area contributed by atoms with Crippen LogP contribution in [0, 0.1) is 5.92 Å². The standard InChI is InChI=1S/C10H20N2S/c1-13-6-5-12-4-2-3-9-7-11-8-10(9)12/h9-11H,2-8H2,1H3. The number of thioether (sulfide) groups is 1. The van der Waals surface area contributed by atoms with E-state index in [1.165, 1.54) is 44.8 Å². The summed E-state index contributed by atoms with van der Waals surface area (Å²) in [5.74, 6) is 2.25. The van der Waals surface area contributed by atoms with Gasteiger partial charge in [0.2, 0.25) is 0 Å². The third kappa shape index (κ3) is 2.20. The lowest BCUT2D eigenvalue weighted by molar-refractivity contribution is 0.133. The number of hydrogen-bond donors (Lipinski definition) is 1. The van der Waals surface area contributed by atoms with Crippen LogP contribution in [0.1, 0.15) is 12.8 Å². The lowest BCUT2D eigenvalue weighted by atomic mass is 9.92. The van der Waals surface area contributed by atoms with Crippen LogP contribution in [-0.4, -0.2) is 49.1 Å². The molecule has 0 spiro atoms. The molecule has 2 fully saturated rings. The number of rotatable bonds is 3. The summed E-state index contributed by atoms with van der Waals surface area (Å²) in [5.41, 5.74) is 0. The molecule has 2 atom stereocenters. The minimum atomic E-state index is 0.862. The van der Waals surface area contributed by atoms with Gasteiger partial charge < -0.3 is 5.32 Å². The number of nitrogens with zero attached hydrogens (tertiary/aromatic N) is 1. The van der Waals surface area contributed by atoms with Crippen LogP contribution in [-0.2, 0) is 0 Å². The van der Waals surface area contributed by atoms with E-state index >= 15 is 0 Å². The van der Waals surface area contributed by atoms with E-state index < -0.39 is 0 Å². The van der Waals surface area contributed by atoms with E-state index in [4.69, 9.17) is 0 Å². The van der Waals surface area contributed by atoms with Crippen LogP contribution in [0.25, 0.3) is 0 Å². The SMILES string of the molecule is CSCCN1CCCC2CNCC21. The Morgan fingerprint density at radius 3 is 3.23 bits per heavy atom. The molecule has 2 saturated heterocycles. The minimum absolute atomic E-state index is 0.862. The molecule has 0 amide bonds. The molecule has 1 N–H and O–H groups in total. The van der Waals surface area contributed by atoms with Gasteiger partial charge in [-0.05, 0) is 38.1 Å². The summed E-state index contributed by atoms with van der Waals surface area (Å²) >= 11 is 1.97. The van der Waals surface area contributed by atoms with E-state index in [1.807, 2.05) is 11.8 Å². The molecule has 2 nitrogen and oxygen atoms in total. The molecular formula is C10H20N2S. The summed E-state index contributed by atoms with van der Waals surface area (Å²) in [5, 5.41) is 3.52. The summed E-state index contributed by atoms with van der Waals surface area (Å²) in [6.07, 6.45) is 5.07. The second-order valence-corrected chi connectivity index (χ2v) is 5.14. The molecule has 0 aromatic carbocycles. The zero-order valence-corrected chi connectivity index (χ0v) is 9.28. The first-order valence-electron chi connectivity index (χ1n) is 5.35. The van der Waals surface area contributed by atoms with Gasteiger partial charge in [0.15, 0.2) is 0 Å². The summed E-state index contributed by atoms with van der Waals surface area (Å²) in [6.45, 7) is 5.13. The van der Waals surface area contributed by atoms with Gasteiger partial charge in [0, 0.05) is 24.9 Å². The van der Waals surface area contributed by atoms with Gasteiger partial charge in [0.25, 0.3) is 0 Å². The first-order valence-corrected chi connectivity index (χ1v) is 6.75. The van der Waals surface area contributed by atoms with Crippen molar-refractivity contribution in [2.24, 2.45) is 5.92 Å². The maximum Gasteiger partial charge on any atom is 0.0261 e. The zero-order chi connectivity index (χ0) is 9.10. The van der Waals surface area contributed by atoms with Gasteiger partial charge in [-0.1, -0.05) is 0 Å². The molecule has 0 aliphatic carbocycles. The van der Waals surface area contributed by atoms with Crippen molar-refractivity contribution in [1.82, 2.24) is 10.2 Å². The van der Waals surface area contributed by atoms with E-state index in [2.05, 4.69) is 16.5 Å². The van der Waals surface area contributed by atoms with Gasteiger partial charge in [0.1, 0.15) is 0 Å².